The standard InChI is InChI=1S/C12H20BrN3O/c1-3-5-9(14)7-11(17)12-10(13)8-15-16(12)6-4-2/h8-9H,3-7,14H2,1-2H3. The van der Waals surface area contributed by atoms with E-state index in [-0.39, 0.29) is 11.8 Å². The van der Waals surface area contributed by atoms with E-state index >= 15 is 0 Å². The third-order valence-corrected chi connectivity index (χ3v) is 3.18. The number of hydrogen-bond donors (Lipinski definition) is 1. The van der Waals surface area contributed by atoms with Crippen LogP contribution in [0.2, 0.25) is 0 Å². The molecule has 1 rings (SSSR count). The Bertz CT molecular complexity index is 376. The normalized spacial score (nSPS) is 12.7. The lowest BCUT2D eigenvalue weighted by Crippen LogP contribution is -2.25. The van der Waals surface area contributed by atoms with Crippen molar-refractivity contribution in [3.05, 3.63) is 16.4 Å². The Balaban J connectivity index is 2.77. The van der Waals surface area contributed by atoms with Gasteiger partial charge in [-0.2, -0.15) is 5.10 Å². The molecule has 0 radical (unpaired) electrons. The van der Waals surface area contributed by atoms with Gasteiger partial charge in [0, 0.05) is 19.0 Å². The van der Waals surface area contributed by atoms with Gasteiger partial charge in [0.25, 0.3) is 0 Å². The molecule has 5 heteroatoms. The number of ketones is 1. The van der Waals surface area contributed by atoms with Gasteiger partial charge in [0.15, 0.2) is 5.78 Å². The van der Waals surface area contributed by atoms with Gasteiger partial charge in [-0.25, -0.2) is 0 Å². The predicted molar refractivity (Wildman–Crippen MR) is 72.0 cm³/mol. The number of nitrogens with zero attached hydrogens (tertiary/aromatic N) is 2. The lowest BCUT2D eigenvalue weighted by atomic mass is 10.0. The lowest BCUT2D eigenvalue weighted by molar-refractivity contribution is 0.0961. The molecule has 0 bridgehead atoms. The molecule has 0 aliphatic rings. The fourth-order valence-electron chi connectivity index (χ4n) is 1.83. The second-order valence-electron chi connectivity index (χ2n) is 4.24. The van der Waals surface area contributed by atoms with Gasteiger partial charge in [-0.05, 0) is 28.8 Å². The molecule has 0 aromatic carbocycles. The Morgan fingerprint density at radius 2 is 2.24 bits per heavy atom. The van der Waals surface area contributed by atoms with Crippen molar-refractivity contribution in [2.75, 3.05) is 0 Å². The minimum atomic E-state index is -0.0515. The first-order valence-corrected chi connectivity index (χ1v) is 6.89. The molecule has 0 amide bonds. The average Bonchev–Trinajstić information content (AvgIpc) is 2.60. The summed E-state index contributed by atoms with van der Waals surface area (Å²) < 4.78 is 2.52. The molecule has 0 saturated heterocycles. The highest BCUT2D eigenvalue weighted by molar-refractivity contribution is 9.10. The fourth-order valence-corrected chi connectivity index (χ4v) is 2.35. The van der Waals surface area contributed by atoms with Crippen LogP contribution in [0.25, 0.3) is 0 Å². The highest BCUT2D eigenvalue weighted by atomic mass is 79.9. The van der Waals surface area contributed by atoms with Crippen molar-refractivity contribution in [3.8, 4) is 0 Å². The first kappa shape index (κ1) is 14.4. The summed E-state index contributed by atoms with van der Waals surface area (Å²) in [5.41, 5.74) is 6.55. The molecule has 0 aliphatic carbocycles. The summed E-state index contributed by atoms with van der Waals surface area (Å²) in [5.74, 6) is 0.0729. The van der Waals surface area contributed by atoms with Crippen LogP contribution in [0.15, 0.2) is 10.7 Å². The second kappa shape index (κ2) is 6.91. The van der Waals surface area contributed by atoms with Crippen LogP contribution in [-0.2, 0) is 6.54 Å². The largest absolute Gasteiger partial charge is 0.327 e. The molecule has 1 atom stereocenters. The number of carbonyl (C=O) groups is 1. The van der Waals surface area contributed by atoms with Crippen molar-refractivity contribution in [1.29, 1.82) is 0 Å². The highest BCUT2D eigenvalue weighted by Crippen LogP contribution is 2.19. The monoisotopic (exact) mass is 301 g/mol. The van der Waals surface area contributed by atoms with Crippen molar-refractivity contribution in [2.24, 2.45) is 5.73 Å². The van der Waals surface area contributed by atoms with Crippen LogP contribution in [0.5, 0.6) is 0 Å². The summed E-state index contributed by atoms with van der Waals surface area (Å²) in [4.78, 5) is 12.1. The Kier molecular flexibility index (Phi) is 5.85. The van der Waals surface area contributed by atoms with Crippen LogP contribution in [-0.4, -0.2) is 21.6 Å². The molecule has 0 fully saturated rings. The smallest absolute Gasteiger partial charge is 0.183 e. The summed E-state index contributed by atoms with van der Waals surface area (Å²) in [6, 6.07) is -0.0515. The average molecular weight is 302 g/mol. The van der Waals surface area contributed by atoms with E-state index in [4.69, 9.17) is 5.73 Å². The zero-order valence-electron chi connectivity index (χ0n) is 10.4. The van der Waals surface area contributed by atoms with E-state index in [0.29, 0.717) is 12.1 Å². The molecule has 1 aromatic heterocycles. The van der Waals surface area contributed by atoms with Gasteiger partial charge in [-0.3, -0.25) is 9.48 Å². The maximum atomic E-state index is 12.1. The molecular formula is C12H20BrN3O. The summed E-state index contributed by atoms with van der Waals surface area (Å²) in [6.07, 6.45) is 4.90. The number of carbonyl (C=O) groups excluding carboxylic acids is 1. The van der Waals surface area contributed by atoms with Gasteiger partial charge in [0.05, 0.1) is 10.7 Å². The fraction of sp³-hybridized carbons (Fsp3) is 0.667. The number of rotatable bonds is 7. The van der Waals surface area contributed by atoms with Crippen LogP contribution in [0.1, 0.15) is 50.0 Å². The number of nitrogens with two attached hydrogens (primary N) is 1. The third-order valence-electron chi connectivity index (χ3n) is 2.60. The Labute approximate surface area is 111 Å². The van der Waals surface area contributed by atoms with E-state index in [9.17, 15) is 4.79 Å². The molecule has 17 heavy (non-hydrogen) atoms. The van der Waals surface area contributed by atoms with E-state index in [1.165, 1.54) is 0 Å². The Morgan fingerprint density at radius 1 is 1.53 bits per heavy atom. The molecule has 0 saturated carbocycles. The first-order chi connectivity index (χ1) is 8.10. The van der Waals surface area contributed by atoms with Crippen molar-refractivity contribution in [2.45, 2.75) is 52.1 Å². The zero-order valence-corrected chi connectivity index (χ0v) is 12.0. The van der Waals surface area contributed by atoms with Gasteiger partial charge in [0.1, 0.15) is 5.69 Å². The SMILES string of the molecule is CCCC(N)CC(=O)c1c(Br)cnn1CCC. The number of Topliss-reactive ketones (excluding diaryl/α,β-unsaturated/α-hetero) is 1. The second-order valence-corrected chi connectivity index (χ2v) is 5.09. The van der Waals surface area contributed by atoms with Gasteiger partial charge >= 0.3 is 0 Å². The van der Waals surface area contributed by atoms with Crippen molar-refractivity contribution in [1.82, 2.24) is 9.78 Å². The summed E-state index contributed by atoms with van der Waals surface area (Å²) >= 11 is 3.37. The first-order valence-electron chi connectivity index (χ1n) is 6.10. The number of halogens is 1. The van der Waals surface area contributed by atoms with Crippen molar-refractivity contribution in [3.63, 3.8) is 0 Å². The van der Waals surface area contributed by atoms with Gasteiger partial charge in [-0.15, -0.1) is 0 Å². The Hall–Kier alpha value is -0.680. The number of aryl methyl sites for hydroxylation is 1. The number of hydrogen-bond acceptors (Lipinski definition) is 3. The van der Waals surface area contributed by atoms with Crippen molar-refractivity contribution >= 4 is 21.7 Å². The minimum absolute atomic E-state index is 0.0515. The molecule has 1 heterocycles. The molecule has 4 nitrogen and oxygen atoms in total. The van der Waals surface area contributed by atoms with Crippen molar-refractivity contribution < 1.29 is 4.79 Å². The predicted octanol–water partition coefficient (Wildman–Crippen LogP) is 2.76. The van der Waals surface area contributed by atoms with Crippen LogP contribution < -0.4 is 5.73 Å². The molecule has 1 unspecified atom stereocenters. The van der Waals surface area contributed by atoms with Gasteiger partial charge in [-0.1, -0.05) is 20.3 Å². The number of aromatic nitrogens is 2. The van der Waals surface area contributed by atoms with Crippen LogP contribution in [0.3, 0.4) is 0 Å². The summed E-state index contributed by atoms with van der Waals surface area (Å²) in [5, 5.41) is 4.19. The molecule has 2 N–H and O–H groups in total. The summed E-state index contributed by atoms with van der Waals surface area (Å²) in [7, 11) is 0. The van der Waals surface area contributed by atoms with Crippen LogP contribution in [0, 0.1) is 0 Å². The maximum absolute atomic E-state index is 12.1. The molecule has 96 valence electrons. The van der Waals surface area contributed by atoms with E-state index in [2.05, 4.69) is 34.9 Å². The van der Waals surface area contributed by atoms with Crippen LogP contribution >= 0.6 is 15.9 Å². The zero-order chi connectivity index (χ0) is 12.8. The topological polar surface area (TPSA) is 60.9 Å². The highest BCUT2D eigenvalue weighted by Gasteiger charge is 2.18. The third kappa shape index (κ3) is 3.92. The van der Waals surface area contributed by atoms with Crippen LogP contribution in [0.4, 0.5) is 0 Å². The minimum Gasteiger partial charge on any atom is -0.327 e. The van der Waals surface area contributed by atoms with Gasteiger partial charge < -0.3 is 5.73 Å². The van der Waals surface area contributed by atoms with E-state index < -0.39 is 0 Å². The molecule has 0 spiro atoms. The molecular weight excluding hydrogens is 282 g/mol. The summed E-state index contributed by atoms with van der Waals surface area (Å²) in [6.45, 7) is 4.89. The Morgan fingerprint density at radius 3 is 2.82 bits per heavy atom. The lowest BCUT2D eigenvalue weighted by Gasteiger charge is -2.10. The van der Waals surface area contributed by atoms with E-state index in [1.807, 2.05) is 0 Å². The van der Waals surface area contributed by atoms with E-state index in [1.54, 1.807) is 10.9 Å². The molecule has 1 aromatic rings. The molecule has 0 aliphatic heterocycles. The maximum Gasteiger partial charge on any atom is 0.183 e. The van der Waals surface area contributed by atoms with E-state index in [0.717, 1.165) is 30.3 Å². The quantitative estimate of drug-likeness (QED) is 0.788. The van der Waals surface area contributed by atoms with Gasteiger partial charge in [0.2, 0.25) is 0 Å².